The standard InChI is InChI=1S/C11H21N3O3/c1-11(2,3)17-10(16)13-8-4-6-14(7-5-12)9(8)15/h8H,4-7,12H2,1-3H3,(H,13,16). The summed E-state index contributed by atoms with van der Waals surface area (Å²) in [5, 5.41) is 2.58. The smallest absolute Gasteiger partial charge is 0.408 e. The van der Waals surface area contributed by atoms with E-state index >= 15 is 0 Å². The molecule has 1 heterocycles. The number of carbonyl (C=O) groups excluding carboxylic acids is 2. The molecule has 0 saturated carbocycles. The molecule has 98 valence electrons. The van der Waals surface area contributed by atoms with Gasteiger partial charge in [-0.2, -0.15) is 0 Å². The number of hydrogen-bond donors (Lipinski definition) is 2. The van der Waals surface area contributed by atoms with Crippen molar-refractivity contribution in [3.63, 3.8) is 0 Å². The Kier molecular flexibility index (Phi) is 4.34. The van der Waals surface area contributed by atoms with Gasteiger partial charge in [-0.1, -0.05) is 0 Å². The largest absolute Gasteiger partial charge is 0.444 e. The van der Waals surface area contributed by atoms with E-state index in [2.05, 4.69) is 5.32 Å². The molecule has 0 aromatic carbocycles. The van der Waals surface area contributed by atoms with Crippen molar-refractivity contribution in [1.82, 2.24) is 10.2 Å². The van der Waals surface area contributed by atoms with Gasteiger partial charge in [-0.05, 0) is 27.2 Å². The Balaban J connectivity index is 2.43. The highest BCUT2D eigenvalue weighted by Gasteiger charge is 2.33. The highest BCUT2D eigenvalue weighted by Crippen LogP contribution is 2.12. The van der Waals surface area contributed by atoms with E-state index in [-0.39, 0.29) is 5.91 Å². The maximum atomic E-state index is 11.8. The number of nitrogens with one attached hydrogen (secondary N) is 1. The fourth-order valence-corrected chi connectivity index (χ4v) is 1.70. The third kappa shape index (κ3) is 4.22. The Hall–Kier alpha value is -1.30. The normalized spacial score (nSPS) is 20.6. The van der Waals surface area contributed by atoms with Crippen LogP contribution in [-0.2, 0) is 9.53 Å². The monoisotopic (exact) mass is 243 g/mol. The lowest BCUT2D eigenvalue weighted by molar-refractivity contribution is -0.129. The van der Waals surface area contributed by atoms with Gasteiger partial charge in [-0.15, -0.1) is 0 Å². The number of nitrogens with two attached hydrogens (primary N) is 1. The fraction of sp³-hybridized carbons (Fsp3) is 0.818. The van der Waals surface area contributed by atoms with Crippen molar-refractivity contribution in [1.29, 1.82) is 0 Å². The van der Waals surface area contributed by atoms with Gasteiger partial charge in [0.1, 0.15) is 11.6 Å². The minimum absolute atomic E-state index is 0.0821. The molecule has 1 saturated heterocycles. The number of likely N-dealkylation sites (tertiary alicyclic amines) is 1. The van der Waals surface area contributed by atoms with Gasteiger partial charge in [0.25, 0.3) is 0 Å². The Morgan fingerprint density at radius 3 is 2.76 bits per heavy atom. The molecule has 0 aromatic rings. The topological polar surface area (TPSA) is 84.7 Å². The Bertz CT molecular complexity index is 299. The van der Waals surface area contributed by atoms with Crippen LogP contribution in [0.15, 0.2) is 0 Å². The first-order valence-corrected chi connectivity index (χ1v) is 5.82. The number of hydrogen-bond acceptors (Lipinski definition) is 4. The molecule has 0 spiro atoms. The van der Waals surface area contributed by atoms with Crippen molar-refractivity contribution in [3.8, 4) is 0 Å². The maximum Gasteiger partial charge on any atom is 0.408 e. The van der Waals surface area contributed by atoms with Crippen LogP contribution in [0, 0.1) is 0 Å². The van der Waals surface area contributed by atoms with Crippen LogP contribution in [0.1, 0.15) is 27.2 Å². The van der Waals surface area contributed by atoms with Gasteiger partial charge in [-0.3, -0.25) is 4.79 Å². The van der Waals surface area contributed by atoms with E-state index in [9.17, 15) is 9.59 Å². The van der Waals surface area contributed by atoms with Crippen LogP contribution in [0.2, 0.25) is 0 Å². The van der Waals surface area contributed by atoms with Gasteiger partial charge in [0.2, 0.25) is 5.91 Å². The van der Waals surface area contributed by atoms with E-state index in [4.69, 9.17) is 10.5 Å². The summed E-state index contributed by atoms with van der Waals surface area (Å²) in [5.41, 5.74) is 4.84. The summed E-state index contributed by atoms with van der Waals surface area (Å²) in [7, 11) is 0. The molecular formula is C11H21N3O3. The van der Waals surface area contributed by atoms with Crippen LogP contribution in [-0.4, -0.2) is 48.2 Å². The number of nitrogens with zero attached hydrogens (tertiary/aromatic N) is 1. The van der Waals surface area contributed by atoms with E-state index in [1.165, 1.54) is 0 Å². The van der Waals surface area contributed by atoms with Gasteiger partial charge >= 0.3 is 6.09 Å². The molecule has 0 aliphatic carbocycles. The summed E-state index contributed by atoms with van der Waals surface area (Å²) in [5.74, 6) is -0.0821. The van der Waals surface area contributed by atoms with Crippen molar-refractivity contribution in [2.45, 2.75) is 38.8 Å². The van der Waals surface area contributed by atoms with Crippen molar-refractivity contribution in [2.75, 3.05) is 19.6 Å². The number of rotatable bonds is 3. The van der Waals surface area contributed by atoms with Crippen molar-refractivity contribution < 1.29 is 14.3 Å². The number of ether oxygens (including phenoxy) is 1. The Morgan fingerprint density at radius 1 is 1.59 bits per heavy atom. The van der Waals surface area contributed by atoms with Crippen LogP contribution in [0.3, 0.4) is 0 Å². The average Bonchev–Trinajstić information content (AvgIpc) is 2.47. The molecular weight excluding hydrogens is 222 g/mol. The molecule has 1 aliphatic heterocycles. The summed E-state index contributed by atoms with van der Waals surface area (Å²) in [6, 6.07) is -0.476. The van der Waals surface area contributed by atoms with E-state index in [1.54, 1.807) is 25.7 Å². The van der Waals surface area contributed by atoms with Crippen LogP contribution in [0.25, 0.3) is 0 Å². The summed E-state index contributed by atoms with van der Waals surface area (Å²) in [6.07, 6.45) is 0.0587. The molecule has 0 aromatic heterocycles. The van der Waals surface area contributed by atoms with E-state index in [1.807, 2.05) is 0 Å². The number of carbonyl (C=O) groups is 2. The lowest BCUT2D eigenvalue weighted by Gasteiger charge is -2.21. The summed E-state index contributed by atoms with van der Waals surface area (Å²) < 4.78 is 5.10. The molecule has 6 nitrogen and oxygen atoms in total. The van der Waals surface area contributed by atoms with Gasteiger partial charge in [0.05, 0.1) is 0 Å². The molecule has 1 rings (SSSR count). The van der Waals surface area contributed by atoms with Crippen LogP contribution >= 0.6 is 0 Å². The molecule has 1 atom stereocenters. The molecule has 2 amide bonds. The van der Waals surface area contributed by atoms with Gasteiger partial charge in [0.15, 0.2) is 0 Å². The molecule has 1 unspecified atom stereocenters. The van der Waals surface area contributed by atoms with Crippen LogP contribution in [0.4, 0.5) is 4.79 Å². The Labute approximate surface area is 101 Å². The van der Waals surface area contributed by atoms with E-state index in [0.29, 0.717) is 26.1 Å². The minimum Gasteiger partial charge on any atom is -0.444 e. The summed E-state index contributed by atoms with van der Waals surface area (Å²) >= 11 is 0. The minimum atomic E-state index is -0.553. The molecule has 0 bridgehead atoms. The second kappa shape index (κ2) is 5.35. The van der Waals surface area contributed by atoms with Crippen molar-refractivity contribution in [2.24, 2.45) is 5.73 Å². The summed E-state index contributed by atoms with van der Waals surface area (Å²) in [6.45, 7) is 6.95. The third-order valence-electron chi connectivity index (χ3n) is 2.39. The first-order valence-electron chi connectivity index (χ1n) is 5.82. The van der Waals surface area contributed by atoms with Gasteiger partial charge < -0.3 is 20.7 Å². The number of alkyl carbamates (subject to hydrolysis) is 1. The molecule has 3 N–H and O–H groups in total. The van der Waals surface area contributed by atoms with Crippen molar-refractivity contribution >= 4 is 12.0 Å². The molecule has 17 heavy (non-hydrogen) atoms. The highest BCUT2D eigenvalue weighted by molar-refractivity contribution is 5.87. The maximum absolute atomic E-state index is 11.8. The van der Waals surface area contributed by atoms with E-state index < -0.39 is 17.7 Å². The summed E-state index contributed by atoms with van der Waals surface area (Å²) in [4.78, 5) is 24.9. The second-order valence-corrected chi connectivity index (χ2v) is 5.10. The molecule has 6 heteroatoms. The first-order chi connectivity index (χ1) is 7.83. The zero-order chi connectivity index (χ0) is 13.1. The van der Waals surface area contributed by atoms with Gasteiger partial charge in [-0.25, -0.2) is 4.79 Å². The quantitative estimate of drug-likeness (QED) is 0.734. The lowest BCUT2D eigenvalue weighted by Crippen LogP contribution is -2.44. The molecule has 1 fully saturated rings. The predicted octanol–water partition coefficient (Wildman–Crippen LogP) is 0.0707. The zero-order valence-electron chi connectivity index (χ0n) is 10.7. The average molecular weight is 243 g/mol. The first kappa shape index (κ1) is 13.8. The van der Waals surface area contributed by atoms with E-state index in [0.717, 1.165) is 0 Å². The van der Waals surface area contributed by atoms with Gasteiger partial charge in [0, 0.05) is 19.6 Å². The highest BCUT2D eigenvalue weighted by atomic mass is 16.6. The third-order valence-corrected chi connectivity index (χ3v) is 2.39. The second-order valence-electron chi connectivity index (χ2n) is 5.10. The van der Waals surface area contributed by atoms with Crippen LogP contribution in [0.5, 0.6) is 0 Å². The molecule has 1 aliphatic rings. The SMILES string of the molecule is CC(C)(C)OC(=O)NC1CCN(CCN)C1=O. The van der Waals surface area contributed by atoms with Crippen LogP contribution < -0.4 is 11.1 Å². The zero-order valence-corrected chi connectivity index (χ0v) is 10.7. The molecule has 0 radical (unpaired) electrons. The lowest BCUT2D eigenvalue weighted by atomic mass is 10.2. The fourth-order valence-electron chi connectivity index (χ4n) is 1.70. The van der Waals surface area contributed by atoms with Crippen molar-refractivity contribution in [3.05, 3.63) is 0 Å². The predicted molar refractivity (Wildman–Crippen MR) is 63.4 cm³/mol. The Morgan fingerprint density at radius 2 is 2.24 bits per heavy atom. The number of amides is 2.